The minimum Gasteiger partial charge on any atom is -0.483 e. The van der Waals surface area contributed by atoms with Gasteiger partial charge in [-0.3, -0.25) is 9.59 Å². The number of ketones is 1. The molecule has 1 saturated carbocycles. The second-order valence-corrected chi connectivity index (χ2v) is 10.9. The Hall–Kier alpha value is -3.34. The van der Waals surface area contributed by atoms with E-state index < -0.39 is 40.0 Å². The summed E-state index contributed by atoms with van der Waals surface area (Å²) >= 11 is 6.00. The van der Waals surface area contributed by atoms with E-state index in [-0.39, 0.29) is 26.8 Å². The van der Waals surface area contributed by atoms with Crippen molar-refractivity contribution in [2.24, 2.45) is 5.92 Å². The van der Waals surface area contributed by atoms with Gasteiger partial charge in [0.15, 0.2) is 12.4 Å². The molecule has 0 heterocycles. The van der Waals surface area contributed by atoms with Crippen LogP contribution < -0.4 is 14.8 Å². The maximum absolute atomic E-state index is 13.6. The molecule has 3 aromatic rings. The zero-order valence-corrected chi connectivity index (χ0v) is 21.3. The first-order chi connectivity index (χ1) is 17.5. The predicted molar refractivity (Wildman–Crippen MR) is 134 cm³/mol. The maximum atomic E-state index is 13.6. The van der Waals surface area contributed by atoms with Gasteiger partial charge in [-0.1, -0.05) is 11.6 Å². The number of ether oxygens (including phenoxy) is 1. The van der Waals surface area contributed by atoms with E-state index in [4.69, 9.17) is 16.3 Å². The quantitative estimate of drug-likeness (QED) is 0.352. The van der Waals surface area contributed by atoms with Crippen LogP contribution in [-0.4, -0.2) is 33.3 Å². The molecular formula is C26H23ClF2N2O5S. The minimum absolute atomic E-state index is 0.00544. The largest absolute Gasteiger partial charge is 0.483 e. The lowest BCUT2D eigenvalue weighted by atomic mass is 10.0. The van der Waals surface area contributed by atoms with E-state index in [2.05, 4.69) is 10.0 Å². The molecule has 0 spiro atoms. The molecule has 0 aliphatic heterocycles. The van der Waals surface area contributed by atoms with Crippen molar-refractivity contribution in [3.63, 3.8) is 0 Å². The molecule has 0 aromatic heterocycles. The smallest absolute Gasteiger partial charge is 0.262 e. The van der Waals surface area contributed by atoms with Gasteiger partial charge in [0.1, 0.15) is 17.4 Å². The molecule has 11 heteroatoms. The lowest BCUT2D eigenvalue weighted by Gasteiger charge is -2.13. The van der Waals surface area contributed by atoms with Crippen molar-refractivity contribution < 1.29 is 31.5 Å². The Bertz CT molecular complexity index is 1460. The highest BCUT2D eigenvalue weighted by Crippen LogP contribution is 2.29. The van der Waals surface area contributed by atoms with Gasteiger partial charge in [-0.2, -0.15) is 0 Å². The summed E-state index contributed by atoms with van der Waals surface area (Å²) in [6.07, 6.45) is 2.03. The number of halogens is 3. The van der Waals surface area contributed by atoms with Crippen LogP contribution in [0.1, 0.15) is 34.3 Å². The van der Waals surface area contributed by atoms with E-state index in [0.717, 1.165) is 25.0 Å². The minimum atomic E-state index is -3.65. The molecule has 1 aliphatic rings. The fourth-order valence-corrected chi connectivity index (χ4v) is 4.92. The van der Waals surface area contributed by atoms with Crippen LogP contribution in [0.3, 0.4) is 0 Å². The first-order valence-electron chi connectivity index (χ1n) is 11.3. The van der Waals surface area contributed by atoms with Crippen LogP contribution in [-0.2, 0) is 14.8 Å². The summed E-state index contributed by atoms with van der Waals surface area (Å²) < 4.78 is 60.2. The number of aryl methyl sites for hydroxylation is 1. The molecule has 37 heavy (non-hydrogen) atoms. The number of rotatable bonds is 10. The van der Waals surface area contributed by atoms with Gasteiger partial charge in [0.05, 0.1) is 10.5 Å². The molecule has 1 aliphatic carbocycles. The Balaban J connectivity index is 1.43. The summed E-state index contributed by atoms with van der Waals surface area (Å²) in [5, 5.41) is 2.83. The highest BCUT2D eigenvalue weighted by molar-refractivity contribution is 7.89. The predicted octanol–water partition coefficient (Wildman–Crippen LogP) is 4.86. The first kappa shape index (κ1) is 26.7. The second kappa shape index (κ2) is 11.0. The van der Waals surface area contributed by atoms with Crippen LogP contribution in [0.4, 0.5) is 14.5 Å². The van der Waals surface area contributed by atoms with E-state index in [1.165, 1.54) is 36.4 Å². The number of nitrogens with one attached hydrogen (secondary N) is 2. The molecule has 7 nitrogen and oxygen atoms in total. The van der Waals surface area contributed by atoms with Crippen molar-refractivity contribution in [2.75, 3.05) is 18.5 Å². The lowest BCUT2D eigenvalue weighted by molar-refractivity contribution is -0.118. The standard InChI is InChI=1S/C26H23ClF2N2O5S/c1-15-8-21(37(34,35)30-13-16-2-3-16)5-6-23(15)31-25(32)14-36-24-7-4-18(27)11-22(24)26(33)17-9-19(28)12-20(29)10-17/h4-12,16,30H,2-3,13-14H2,1H3,(H,31,32). The second-order valence-electron chi connectivity index (χ2n) is 8.74. The monoisotopic (exact) mass is 548 g/mol. The van der Waals surface area contributed by atoms with Gasteiger partial charge in [-0.25, -0.2) is 21.9 Å². The van der Waals surface area contributed by atoms with Crippen molar-refractivity contribution in [2.45, 2.75) is 24.7 Å². The summed E-state index contributed by atoms with van der Waals surface area (Å²) in [5.41, 5.74) is 0.594. The number of hydrogen-bond donors (Lipinski definition) is 2. The Kier molecular flexibility index (Phi) is 7.91. The molecule has 4 rings (SSSR count). The molecule has 0 bridgehead atoms. The van der Waals surface area contributed by atoms with Crippen molar-refractivity contribution in [3.05, 3.63) is 87.9 Å². The average Bonchev–Trinajstić information content (AvgIpc) is 3.67. The number of carbonyl (C=O) groups is 2. The normalized spacial score (nSPS) is 13.3. The number of benzene rings is 3. The highest BCUT2D eigenvalue weighted by atomic mass is 35.5. The molecule has 0 radical (unpaired) electrons. The van der Waals surface area contributed by atoms with Crippen LogP contribution in [0.5, 0.6) is 5.75 Å². The van der Waals surface area contributed by atoms with Crippen molar-refractivity contribution in [3.8, 4) is 5.75 Å². The Morgan fingerprint density at radius 1 is 1.03 bits per heavy atom. The fraction of sp³-hybridized carbons (Fsp3) is 0.231. The topological polar surface area (TPSA) is 102 Å². The SMILES string of the molecule is Cc1cc(S(=O)(=O)NCC2CC2)ccc1NC(=O)COc1ccc(Cl)cc1C(=O)c1cc(F)cc(F)c1. The number of carbonyl (C=O) groups excluding carboxylic acids is 2. The third-order valence-corrected chi connectivity index (χ3v) is 7.37. The summed E-state index contributed by atoms with van der Waals surface area (Å²) in [4.78, 5) is 25.5. The third-order valence-electron chi connectivity index (χ3n) is 5.71. The number of hydrogen-bond acceptors (Lipinski definition) is 5. The van der Waals surface area contributed by atoms with E-state index in [0.29, 0.717) is 29.8 Å². The summed E-state index contributed by atoms with van der Waals surface area (Å²) in [6.45, 7) is 1.56. The van der Waals surface area contributed by atoms with Gasteiger partial charge in [0.25, 0.3) is 5.91 Å². The van der Waals surface area contributed by atoms with Gasteiger partial charge in [0.2, 0.25) is 10.0 Å². The Labute approximate surface area is 217 Å². The number of anilines is 1. The van der Waals surface area contributed by atoms with Crippen LogP contribution >= 0.6 is 11.6 Å². The van der Waals surface area contributed by atoms with Crippen LogP contribution in [0.25, 0.3) is 0 Å². The van der Waals surface area contributed by atoms with Crippen molar-refractivity contribution >= 4 is 39.0 Å². The molecule has 1 fully saturated rings. The lowest BCUT2D eigenvalue weighted by Crippen LogP contribution is -2.26. The van der Waals surface area contributed by atoms with Gasteiger partial charge in [-0.05, 0) is 79.8 Å². The molecule has 194 valence electrons. The highest BCUT2D eigenvalue weighted by Gasteiger charge is 2.24. The van der Waals surface area contributed by atoms with Crippen LogP contribution in [0, 0.1) is 24.5 Å². The number of amides is 1. The van der Waals surface area contributed by atoms with Gasteiger partial charge < -0.3 is 10.1 Å². The molecular weight excluding hydrogens is 526 g/mol. The van der Waals surface area contributed by atoms with Crippen molar-refractivity contribution in [1.29, 1.82) is 0 Å². The van der Waals surface area contributed by atoms with Crippen LogP contribution in [0.15, 0.2) is 59.5 Å². The summed E-state index contributed by atoms with van der Waals surface area (Å²) in [5.74, 6) is -2.76. The van der Waals surface area contributed by atoms with Gasteiger partial charge in [0, 0.05) is 28.9 Å². The first-order valence-corrected chi connectivity index (χ1v) is 13.2. The van der Waals surface area contributed by atoms with Gasteiger partial charge in [-0.15, -0.1) is 0 Å². The van der Waals surface area contributed by atoms with E-state index in [1.807, 2.05) is 0 Å². The molecule has 2 N–H and O–H groups in total. The molecule has 0 saturated heterocycles. The zero-order chi connectivity index (χ0) is 26.7. The molecule has 0 atom stereocenters. The Morgan fingerprint density at radius 3 is 2.38 bits per heavy atom. The summed E-state index contributed by atoms with van der Waals surface area (Å²) in [6, 6.07) is 10.8. The molecule has 1 amide bonds. The van der Waals surface area contributed by atoms with Gasteiger partial charge >= 0.3 is 0 Å². The average molecular weight is 549 g/mol. The Morgan fingerprint density at radius 2 is 1.73 bits per heavy atom. The van der Waals surface area contributed by atoms with Crippen LogP contribution in [0.2, 0.25) is 5.02 Å². The van der Waals surface area contributed by atoms with E-state index in [9.17, 15) is 26.8 Å². The number of sulfonamides is 1. The fourth-order valence-electron chi connectivity index (χ4n) is 3.55. The van der Waals surface area contributed by atoms with Crippen molar-refractivity contribution in [1.82, 2.24) is 4.72 Å². The maximum Gasteiger partial charge on any atom is 0.262 e. The third kappa shape index (κ3) is 6.91. The van der Waals surface area contributed by atoms with E-state index in [1.54, 1.807) is 6.92 Å². The zero-order valence-electron chi connectivity index (χ0n) is 19.7. The van der Waals surface area contributed by atoms with E-state index >= 15 is 0 Å². The summed E-state index contributed by atoms with van der Waals surface area (Å²) in [7, 11) is -3.65. The molecule has 3 aromatic carbocycles. The molecule has 0 unspecified atom stereocenters.